The Morgan fingerprint density at radius 1 is 1.39 bits per heavy atom. The van der Waals surface area contributed by atoms with Crippen molar-refractivity contribution in [1.82, 2.24) is 14.6 Å². The number of hydrogen-bond donors (Lipinski definition) is 1. The fraction of sp³-hybridized carbons (Fsp3) is 0.273. The van der Waals surface area contributed by atoms with Crippen molar-refractivity contribution in [2.24, 2.45) is 0 Å². The molecule has 0 aliphatic heterocycles. The van der Waals surface area contributed by atoms with Crippen LogP contribution in [-0.4, -0.2) is 28.8 Å². The van der Waals surface area contributed by atoms with Gasteiger partial charge in [-0.25, -0.2) is 13.4 Å². The quantitative estimate of drug-likeness (QED) is 0.634. The Kier molecular flexibility index (Phi) is 3.61. The summed E-state index contributed by atoms with van der Waals surface area (Å²) >= 11 is 0. The van der Waals surface area contributed by atoms with Gasteiger partial charge in [-0.2, -0.15) is 9.61 Å². The number of anilines is 1. The molecular weight excluding hydrogens is 252 g/mol. The van der Waals surface area contributed by atoms with Crippen LogP contribution in [0.3, 0.4) is 0 Å². The van der Waals surface area contributed by atoms with Crippen LogP contribution in [0, 0.1) is 0 Å². The average Bonchev–Trinajstić information content (AvgIpc) is 2.78. The number of sulfonamides is 1. The maximum atomic E-state index is 11.8. The zero-order valence-electron chi connectivity index (χ0n) is 9.78. The van der Waals surface area contributed by atoms with Gasteiger partial charge in [0.1, 0.15) is 5.82 Å². The van der Waals surface area contributed by atoms with Gasteiger partial charge in [0.25, 0.3) is 0 Å². The van der Waals surface area contributed by atoms with Crippen LogP contribution in [-0.2, 0) is 10.0 Å². The first kappa shape index (κ1) is 12.6. The van der Waals surface area contributed by atoms with Crippen LogP contribution >= 0.6 is 0 Å². The van der Waals surface area contributed by atoms with E-state index in [1.807, 2.05) is 0 Å². The van der Waals surface area contributed by atoms with Crippen molar-refractivity contribution in [3.05, 3.63) is 37.2 Å². The molecule has 0 fully saturated rings. The molecule has 0 unspecified atom stereocenters. The Labute approximate surface area is 105 Å². The molecule has 18 heavy (non-hydrogen) atoms. The van der Waals surface area contributed by atoms with E-state index >= 15 is 0 Å². The molecule has 0 radical (unpaired) electrons. The highest BCUT2D eigenvalue weighted by molar-refractivity contribution is 7.92. The van der Waals surface area contributed by atoms with E-state index in [9.17, 15) is 8.42 Å². The van der Waals surface area contributed by atoms with Crippen LogP contribution in [0.5, 0.6) is 0 Å². The summed E-state index contributed by atoms with van der Waals surface area (Å²) in [5, 5.41) is 4.01. The summed E-state index contributed by atoms with van der Waals surface area (Å²) in [7, 11) is -3.36. The first-order valence-electron chi connectivity index (χ1n) is 5.52. The first-order chi connectivity index (χ1) is 8.62. The molecule has 2 heterocycles. The lowest BCUT2D eigenvalue weighted by Gasteiger charge is -2.08. The summed E-state index contributed by atoms with van der Waals surface area (Å²) in [5.74, 6) is 0.452. The maximum Gasteiger partial charge on any atom is 0.233 e. The number of fused-ring (bicyclic) bond motifs is 1. The highest BCUT2D eigenvalue weighted by Gasteiger charge is 2.12. The molecule has 0 aliphatic rings. The molecule has 0 saturated heterocycles. The Morgan fingerprint density at radius 2 is 2.22 bits per heavy atom. The predicted octanol–water partition coefficient (Wildman–Crippen LogP) is 1.44. The van der Waals surface area contributed by atoms with Crippen molar-refractivity contribution in [1.29, 1.82) is 0 Å². The van der Waals surface area contributed by atoms with Gasteiger partial charge in [-0.1, -0.05) is 6.08 Å². The van der Waals surface area contributed by atoms with Crippen LogP contribution < -0.4 is 4.72 Å². The van der Waals surface area contributed by atoms with Gasteiger partial charge in [-0.15, -0.1) is 6.58 Å². The second-order valence-corrected chi connectivity index (χ2v) is 5.62. The Bertz CT molecular complexity index is 648. The van der Waals surface area contributed by atoms with Crippen molar-refractivity contribution in [3.63, 3.8) is 0 Å². The summed E-state index contributed by atoms with van der Waals surface area (Å²) in [6.45, 7) is 3.56. The van der Waals surface area contributed by atoms with E-state index in [0.717, 1.165) is 0 Å². The minimum atomic E-state index is -3.36. The van der Waals surface area contributed by atoms with Crippen molar-refractivity contribution >= 4 is 21.5 Å². The normalized spacial score (nSPS) is 11.6. The van der Waals surface area contributed by atoms with Gasteiger partial charge in [0.15, 0.2) is 5.65 Å². The van der Waals surface area contributed by atoms with Gasteiger partial charge in [0, 0.05) is 12.3 Å². The van der Waals surface area contributed by atoms with E-state index < -0.39 is 10.0 Å². The van der Waals surface area contributed by atoms with Crippen molar-refractivity contribution in [3.8, 4) is 0 Å². The SMILES string of the molecule is C=CCCCS(=O)(=O)Nc1ccnc2ccnn12. The minimum absolute atomic E-state index is 0.0596. The van der Waals surface area contributed by atoms with E-state index in [1.165, 1.54) is 4.52 Å². The topological polar surface area (TPSA) is 76.4 Å². The van der Waals surface area contributed by atoms with Gasteiger partial charge < -0.3 is 0 Å². The summed E-state index contributed by atoms with van der Waals surface area (Å²) in [4.78, 5) is 4.06. The number of unbranched alkanes of at least 4 members (excludes halogenated alkanes) is 1. The molecule has 7 heteroatoms. The van der Waals surface area contributed by atoms with Crippen LogP contribution in [0.15, 0.2) is 37.2 Å². The zero-order chi connectivity index (χ0) is 13.0. The smallest absolute Gasteiger partial charge is 0.233 e. The molecule has 6 nitrogen and oxygen atoms in total. The van der Waals surface area contributed by atoms with Crippen molar-refractivity contribution < 1.29 is 8.42 Å². The highest BCUT2D eigenvalue weighted by Crippen LogP contribution is 2.11. The number of nitrogens with one attached hydrogen (secondary N) is 1. The second-order valence-electron chi connectivity index (χ2n) is 3.78. The fourth-order valence-corrected chi connectivity index (χ4v) is 2.66. The second kappa shape index (κ2) is 5.18. The van der Waals surface area contributed by atoms with Crippen molar-refractivity contribution in [2.45, 2.75) is 12.8 Å². The fourth-order valence-electron chi connectivity index (χ4n) is 1.54. The number of nitrogens with zero attached hydrogens (tertiary/aromatic N) is 3. The summed E-state index contributed by atoms with van der Waals surface area (Å²) in [6, 6.07) is 3.28. The van der Waals surface area contributed by atoms with Crippen LogP contribution in [0.1, 0.15) is 12.8 Å². The van der Waals surface area contributed by atoms with Gasteiger partial charge in [0.05, 0.1) is 11.9 Å². The molecule has 0 spiro atoms. The molecule has 2 rings (SSSR count). The summed E-state index contributed by atoms with van der Waals surface area (Å²) in [5.41, 5.74) is 0.598. The Hall–Kier alpha value is -1.89. The standard InChI is InChI=1S/C11H14N4O2S/c1-2-3-4-9-18(16,17)14-11-5-7-12-10-6-8-13-15(10)11/h2,5-8,14H,1,3-4,9H2. The van der Waals surface area contributed by atoms with Gasteiger partial charge >= 0.3 is 0 Å². The predicted molar refractivity (Wildman–Crippen MR) is 69.8 cm³/mol. The number of hydrogen-bond acceptors (Lipinski definition) is 4. The molecular formula is C11H14N4O2S. The summed E-state index contributed by atoms with van der Waals surface area (Å²) < 4.78 is 27.6. The first-order valence-corrected chi connectivity index (χ1v) is 7.18. The lowest BCUT2D eigenvalue weighted by atomic mass is 10.3. The lowest BCUT2D eigenvalue weighted by molar-refractivity contribution is 0.598. The Balaban J connectivity index is 2.18. The molecule has 0 aliphatic carbocycles. The van der Waals surface area contributed by atoms with Crippen LogP contribution in [0.25, 0.3) is 5.65 Å². The van der Waals surface area contributed by atoms with E-state index in [4.69, 9.17) is 0 Å². The molecule has 0 saturated carbocycles. The van der Waals surface area contributed by atoms with Crippen LogP contribution in [0.2, 0.25) is 0 Å². The van der Waals surface area contributed by atoms with Crippen molar-refractivity contribution in [2.75, 3.05) is 10.5 Å². The molecule has 1 N–H and O–H groups in total. The third-order valence-corrected chi connectivity index (χ3v) is 3.72. The third kappa shape index (κ3) is 2.86. The number of rotatable bonds is 6. The highest BCUT2D eigenvalue weighted by atomic mass is 32.2. The number of allylic oxidation sites excluding steroid dienone is 1. The lowest BCUT2D eigenvalue weighted by Crippen LogP contribution is -2.18. The van der Waals surface area contributed by atoms with E-state index in [1.54, 1.807) is 30.6 Å². The van der Waals surface area contributed by atoms with E-state index in [2.05, 4.69) is 21.4 Å². The molecule has 2 aromatic rings. The average molecular weight is 266 g/mol. The van der Waals surface area contributed by atoms with Crippen LogP contribution in [0.4, 0.5) is 5.82 Å². The Morgan fingerprint density at radius 3 is 3.00 bits per heavy atom. The molecule has 0 bridgehead atoms. The largest absolute Gasteiger partial charge is 0.267 e. The van der Waals surface area contributed by atoms with E-state index in [0.29, 0.717) is 24.3 Å². The number of aromatic nitrogens is 3. The van der Waals surface area contributed by atoms with Gasteiger partial charge in [-0.3, -0.25) is 4.72 Å². The van der Waals surface area contributed by atoms with Gasteiger partial charge in [-0.05, 0) is 18.9 Å². The third-order valence-electron chi connectivity index (χ3n) is 2.37. The molecule has 96 valence electrons. The molecule has 2 aromatic heterocycles. The maximum absolute atomic E-state index is 11.8. The minimum Gasteiger partial charge on any atom is -0.267 e. The van der Waals surface area contributed by atoms with Gasteiger partial charge in [0.2, 0.25) is 10.0 Å². The molecule has 0 aromatic carbocycles. The molecule has 0 amide bonds. The van der Waals surface area contributed by atoms with E-state index in [-0.39, 0.29) is 5.75 Å². The summed E-state index contributed by atoms with van der Waals surface area (Å²) in [6.07, 6.45) is 6.03. The molecule has 0 atom stereocenters. The monoisotopic (exact) mass is 266 g/mol. The zero-order valence-corrected chi connectivity index (χ0v) is 10.6.